The van der Waals surface area contributed by atoms with Gasteiger partial charge in [0.25, 0.3) is 0 Å². The van der Waals surface area contributed by atoms with Gasteiger partial charge in [0.15, 0.2) is 5.96 Å². The molecule has 1 amide bonds. The molecule has 0 radical (unpaired) electrons. The molecule has 0 spiro atoms. The maximum absolute atomic E-state index is 11.2. The van der Waals surface area contributed by atoms with E-state index in [2.05, 4.69) is 34.0 Å². The molecule has 2 heterocycles. The lowest BCUT2D eigenvalue weighted by atomic mass is 9.92. The number of guanidine groups is 1. The highest BCUT2D eigenvalue weighted by Crippen LogP contribution is 2.21. The molecule has 158 valence electrons. The lowest BCUT2D eigenvalue weighted by Crippen LogP contribution is -2.47. The largest absolute Gasteiger partial charge is 0.370 e. The minimum Gasteiger partial charge on any atom is -0.370 e. The number of likely N-dealkylation sites (tertiary alicyclic amines) is 2. The van der Waals surface area contributed by atoms with Gasteiger partial charge < -0.3 is 20.9 Å². The molecule has 2 fully saturated rings. The van der Waals surface area contributed by atoms with Crippen molar-refractivity contribution in [3.8, 4) is 0 Å². The molecule has 6 nitrogen and oxygen atoms in total. The van der Waals surface area contributed by atoms with Crippen molar-refractivity contribution in [1.29, 1.82) is 0 Å². The third kappa shape index (κ3) is 8.98. The van der Waals surface area contributed by atoms with Crippen LogP contribution >= 0.6 is 24.0 Å². The van der Waals surface area contributed by atoms with Crippen LogP contribution in [0.3, 0.4) is 0 Å². The van der Waals surface area contributed by atoms with Crippen LogP contribution in [0.1, 0.15) is 52.4 Å². The van der Waals surface area contributed by atoms with Gasteiger partial charge in [0, 0.05) is 46.2 Å². The number of unbranched alkanes of at least 4 members (excludes halogenated alkanes) is 1. The fraction of sp³-hybridized carbons (Fsp3) is 0.900. The van der Waals surface area contributed by atoms with E-state index in [9.17, 15) is 4.79 Å². The van der Waals surface area contributed by atoms with Crippen LogP contribution < -0.4 is 11.1 Å². The summed E-state index contributed by atoms with van der Waals surface area (Å²) in [6.45, 7) is 11.3. The number of nitrogens with zero attached hydrogens (tertiary/aromatic N) is 3. The van der Waals surface area contributed by atoms with Crippen molar-refractivity contribution in [2.45, 2.75) is 52.4 Å². The maximum atomic E-state index is 11.2. The first kappa shape index (κ1) is 24.5. The second-order valence-corrected chi connectivity index (χ2v) is 8.51. The molecule has 0 bridgehead atoms. The highest BCUT2D eigenvalue weighted by Gasteiger charge is 2.23. The molecule has 0 aromatic heterocycles. The van der Waals surface area contributed by atoms with Crippen LogP contribution in [-0.2, 0) is 4.79 Å². The molecule has 3 unspecified atom stereocenters. The number of rotatable bonds is 7. The number of piperidine rings is 2. The summed E-state index contributed by atoms with van der Waals surface area (Å²) in [6.07, 6.45) is 6.44. The van der Waals surface area contributed by atoms with E-state index in [1.165, 1.54) is 32.5 Å². The van der Waals surface area contributed by atoms with Crippen LogP contribution in [-0.4, -0.2) is 68.0 Å². The molecule has 7 heteroatoms. The first-order chi connectivity index (χ1) is 12.5. The van der Waals surface area contributed by atoms with Gasteiger partial charge in [-0.1, -0.05) is 13.8 Å². The van der Waals surface area contributed by atoms with Crippen LogP contribution in [0.4, 0.5) is 0 Å². The van der Waals surface area contributed by atoms with Crippen LogP contribution in [0.15, 0.2) is 4.99 Å². The highest BCUT2D eigenvalue weighted by atomic mass is 127. The van der Waals surface area contributed by atoms with Crippen molar-refractivity contribution in [1.82, 2.24) is 15.1 Å². The van der Waals surface area contributed by atoms with Gasteiger partial charge in [-0.25, -0.2) is 0 Å². The van der Waals surface area contributed by atoms with Gasteiger partial charge >= 0.3 is 0 Å². The summed E-state index contributed by atoms with van der Waals surface area (Å²) >= 11 is 0. The fourth-order valence-corrected chi connectivity index (χ4v) is 4.68. The average molecular weight is 493 g/mol. The van der Waals surface area contributed by atoms with Crippen LogP contribution in [0.25, 0.3) is 0 Å². The second-order valence-electron chi connectivity index (χ2n) is 8.51. The number of aliphatic imine (C=N–C) groups is 1. The third-order valence-electron chi connectivity index (χ3n) is 5.65. The molecule has 2 saturated heterocycles. The van der Waals surface area contributed by atoms with Gasteiger partial charge in [-0.2, -0.15) is 0 Å². The standard InChI is InChI=1S/C20H39N5O.HI/c1-16-11-17(2)14-24(13-16)9-5-4-8-23-20(22-3)25-10-6-7-18(15-25)12-19(21)26;/h16-18H,4-15H2,1-3H3,(H2,21,26)(H,22,23);1H. The predicted molar refractivity (Wildman–Crippen MR) is 124 cm³/mol. The van der Waals surface area contributed by atoms with Gasteiger partial charge in [0.05, 0.1) is 0 Å². The SMILES string of the molecule is CN=C(NCCCCN1CC(C)CC(C)C1)N1CCCC(CC(N)=O)C1.I. The molecule has 2 aliphatic rings. The topological polar surface area (TPSA) is 74.0 Å². The fourth-order valence-electron chi connectivity index (χ4n) is 4.68. The lowest BCUT2D eigenvalue weighted by molar-refractivity contribution is -0.119. The number of amides is 1. The molecule has 3 atom stereocenters. The molecule has 0 saturated carbocycles. The quantitative estimate of drug-likeness (QED) is 0.248. The summed E-state index contributed by atoms with van der Waals surface area (Å²) in [5.74, 6) is 2.81. The molecular formula is C20H40IN5O. The number of hydrogen-bond acceptors (Lipinski definition) is 3. The number of nitrogens with one attached hydrogen (secondary N) is 1. The Labute approximate surface area is 182 Å². The number of carbonyl (C=O) groups is 1. The van der Waals surface area contributed by atoms with Gasteiger partial charge in [-0.3, -0.25) is 9.79 Å². The minimum atomic E-state index is -0.193. The van der Waals surface area contributed by atoms with Crippen LogP contribution in [0.2, 0.25) is 0 Å². The third-order valence-corrected chi connectivity index (χ3v) is 5.65. The molecule has 2 rings (SSSR count). The molecule has 0 aromatic carbocycles. The summed E-state index contributed by atoms with van der Waals surface area (Å²) in [6, 6.07) is 0. The Bertz CT molecular complexity index is 463. The van der Waals surface area contributed by atoms with Gasteiger partial charge in [-0.05, 0) is 56.4 Å². The molecule has 2 aliphatic heterocycles. The Morgan fingerprint density at radius 2 is 1.89 bits per heavy atom. The lowest BCUT2D eigenvalue weighted by Gasteiger charge is -2.35. The Balaban J connectivity index is 0.00000364. The normalized spacial score (nSPS) is 27.1. The Kier molecular flexibility index (Phi) is 11.6. The van der Waals surface area contributed by atoms with Crippen molar-refractivity contribution in [3.63, 3.8) is 0 Å². The highest BCUT2D eigenvalue weighted by molar-refractivity contribution is 14.0. The van der Waals surface area contributed by atoms with Gasteiger partial charge in [0.1, 0.15) is 0 Å². The van der Waals surface area contributed by atoms with E-state index in [-0.39, 0.29) is 29.9 Å². The monoisotopic (exact) mass is 493 g/mol. The van der Waals surface area contributed by atoms with E-state index in [4.69, 9.17) is 5.73 Å². The average Bonchev–Trinajstić information content (AvgIpc) is 2.57. The van der Waals surface area contributed by atoms with E-state index < -0.39 is 0 Å². The summed E-state index contributed by atoms with van der Waals surface area (Å²) in [4.78, 5) is 20.5. The van der Waals surface area contributed by atoms with Crippen molar-refractivity contribution in [2.24, 2.45) is 28.5 Å². The molecule has 0 aliphatic carbocycles. The zero-order valence-corrected chi connectivity index (χ0v) is 19.8. The first-order valence-corrected chi connectivity index (χ1v) is 10.4. The Morgan fingerprint density at radius 3 is 2.52 bits per heavy atom. The number of primary amides is 1. The van der Waals surface area contributed by atoms with Crippen LogP contribution in [0.5, 0.6) is 0 Å². The summed E-state index contributed by atoms with van der Waals surface area (Å²) in [5, 5.41) is 3.51. The predicted octanol–water partition coefficient (Wildman–Crippen LogP) is 2.53. The van der Waals surface area contributed by atoms with Crippen molar-refractivity contribution in [2.75, 3.05) is 46.3 Å². The summed E-state index contributed by atoms with van der Waals surface area (Å²) in [5.41, 5.74) is 5.36. The molecule has 3 N–H and O–H groups in total. The van der Waals surface area contributed by atoms with E-state index >= 15 is 0 Å². The second kappa shape index (κ2) is 12.8. The molecular weight excluding hydrogens is 453 g/mol. The Hall–Kier alpha value is -0.570. The number of carbonyl (C=O) groups excluding carboxylic acids is 1. The molecule has 0 aromatic rings. The zero-order chi connectivity index (χ0) is 18.9. The van der Waals surface area contributed by atoms with Crippen molar-refractivity contribution >= 4 is 35.8 Å². The van der Waals surface area contributed by atoms with Gasteiger partial charge in [-0.15, -0.1) is 24.0 Å². The summed E-state index contributed by atoms with van der Waals surface area (Å²) in [7, 11) is 1.84. The van der Waals surface area contributed by atoms with E-state index in [0.29, 0.717) is 12.3 Å². The maximum Gasteiger partial charge on any atom is 0.217 e. The molecule has 27 heavy (non-hydrogen) atoms. The van der Waals surface area contributed by atoms with Gasteiger partial charge in [0.2, 0.25) is 5.91 Å². The first-order valence-electron chi connectivity index (χ1n) is 10.4. The zero-order valence-electron chi connectivity index (χ0n) is 17.5. The number of hydrogen-bond donors (Lipinski definition) is 2. The summed E-state index contributed by atoms with van der Waals surface area (Å²) < 4.78 is 0. The van der Waals surface area contributed by atoms with E-state index in [1.54, 1.807) is 0 Å². The van der Waals surface area contributed by atoms with Crippen molar-refractivity contribution < 1.29 is 4.79 Å². The van der Waals surface area contributed by atoms with E-state index in [1.807, 2.05) is 7.05 Å². The number of halogens is 1. The number of nitrogens with two attached hydrogens (primary N) is 1. The minimum absolute atomic E-state index is 0. The van der Waals surface area contributed by atoms with Crippen molar-refractivity contribution in [3.05, 3.63) is 0 Å². The van der Waals surface area contributed by atoms with Crippen LogP contribution in [0, 0.1) is 17.8 Å². The smallest absolute Gasteiger partial charge is 0.217 e. The Morgan fingerprint density at radius 1 is 1.19 bits per heavy atom. The van der Waals surface area contributed by atoms with E-state index in [0.717, 1.165) is 56.7 Å².